The molecule has 0 spiro atoms. The molecule has 0 saturated carbocycles. The van der Waals surface area contributed by atoms with E-state index in [1.54, 1.807) is 0 Å². The SMILES string of the molecule is Cc1ccc(CCCC(=O)c2cc(C)c(CCC(C)CO)n2C)cc1. The number of benzene rings is 1. The fourth-order valence-corrected chi connectivity index (χ4v) is 3.24. The number of aromatic nitrogens is 1. The molecule has 1 aromatic carbocycles. The molecule has 0 fully saturated rings. The molecule has 25 heavy (non-hydrogen) atoms. The third kappa shape index (κ3) is 5.30. The minimum Gasteiger partial charge on any atom is -0.396 e. The van der Waals surface area contributed by atoms with Crippen LogP contribution in [-0.2, 0) is 19.9 Å². The Hall–Kier alpha value is -1.87. The summed E-state index contributed by atoms with van der Waals surface area (Å²) in [5, 5.41) is 9.19. The van der Waals surface area contributed by atoms with Crippen molar-refractivity contribution >= 4 is 5.78 Å². The molecule has 1 N–H and O–H groups in total. The van der Waals surface area contributed by atoms with E-state index >= 15 is 0 Å². The lowest BCUT2D eigenvalue weighted by Gasteiger charge is -2.11. The first-order valence-corrected chi connectivity index (χ1v) is 9.27. The maximum absolute atomic E-state index is 12.6. The van der Waals surface area contributed by atoms with Gasteiger partial charge in [0, 0.05) is 25.8 Å². The molecule has 1 aromatic heterocycles. The van der Waals surface area contributed by atoms with Gasteiger partial charge >= 0.3 is 0 Å². The average molecular weight is 341 g/mol. The van der Waals surface area contributed by atoms with E-state index in [9.17, 15) is 9.90 Å². The largest absolute Gasteiger partial charge is 0.396 e. The Morgan fingerprint density at radius 1 is 1.16 bits per heavy atom. The Morgan fingerprint density at radius 3 is 2.48 bits per heavy atom. The standard InChI is InChI=1S/C22H31NO2/c1-16-8-11-19(12-9-16)6-5-7-22(25)21-14-18(3)20(23(21)4)13-10-17(2)15-24/h8-9,11-12,14,17,24H,5-7,10,13,15H2,1-4H3. The van der Waals surface area contributed by atoms with Crippen LogP contribution in [0.1, 0.15) is 59.1 Å². The maximum atomic E-state index is 12.6. The first-order chi connectivity index (χ1) is 11.9. The predicted molar refractivity (Wildman–Crippen MR) is 103 cm³/mol. The normalized spacial score (nSPS) is 12.4. The van der Waals surface area contributed by atoms with Gasteiger partial charge in [-0.3, -0.25) is 4.79 Å². The topological polar surface area (TPSA) is 42.2 Å². The Bertz CT molecular complexity index is 698. The van der Waals surface area contributed by atoms with Crippen molar-refractivity contribution in [3.63, 3.8) is 0 Å². The van der Waals surface area contributed by atoms with Gasteiger partial charge in [0.05, 0.1) is 5.69 Å². The molecule has 0 aliphatic rings. The molecule has 0 radical (unpaired) electrons. The summed E-state index contributed by atoms with van der Waals surface area (Å²) in [4.78, 5) is 12.6. The fraction of sp³-hybridized carbons (Fsp3) is 0.500. The Labute approximate surface area is 151 Å². The van der Waals surface area contributed by atoms with Crippen molar-refractivity contribution < 1.29 is 9.90 Å². The zero-order chi connectivity index (χ0) is 18.4. The number of Topliss-reactive ketones (excluding diaryl/α,β-unsaturated/α-hetero) is 1. The van der Waals surface area contributed by atoms with Crippen LogP contribution in [-0.4, -0.2) is 22.1 Å². The number of ketones is 1. The summed E-state index contributed by atoms with van der Waals surface area (Å²) in [6.07, 6.45) is 4.24. The van der Waals surface area contributed by atoms with E-state index in [-0.39, 0.29) is 12.4 Å². The molecular formula is C22H31NO2. The number of nitrogens with zero attached hydrogens (tertiary/aromatic N) is 1. The summed E-state index contributed by atoms with van der Waals surface area (Å²) < 4.78 is 2.05. The van der Waals surface area contributed by atoms with Gasteiger partial charge in [0.1, 0.15) is 0 Å². The Balaban J connectivity index is 1.93. The highest BCUT2D eigenvalue weighted by Crippen LogP contribution is 2.20. The molecule has 3 heteroatoms. The average Bonchev–Trinajstić information content (AvgIpc) is 2.88. The van der Waals surface area contributed by atoms with Gasteiger partial charge in [-0.15, -0.1) is 0 Å². The van der Waals surface area contributed by atoms with Crippen molar-refractivity contribution in [3.05, 3.63) is 58.4 Å². The van der Waals surface area contributed by atoms with Gasteiger partial charge in [-0.1, -0.05) is 36.8 Å². The summed E-state index contributed by atoms with van der Waals surface area (Å²) >= 11 is 0. The molecule has 0 amide bonds. The third-order valence-corrected chi connectivity index (χ3v) is 5.04. The molecule has 2 aromatic rings. The van der Waals surface area contributed by atoms with Crippen LogP contribution in [0.25, 0.3) is 0 Å². The second-order valence-corrected chi connectivity index (χ2v) is 7.31. The number of aryl methyl sites for hydroxylation is 3. The van der Waals surface area contributed by atoms with Crippen molar-refractivity contribution in [2.75, 3.05) is 6.61 Å². The highest BCUT2D eigenvalue weighted by atomic mass is 16.3. The Morgan fingerprint density at radius 2 is 1.84 bits per heavy atom. The minimum atomic E-state index is 0.217. The minimum absolute atomic E-state index is 0.217. The molecule has 136 valence electrons. The first kappa shape index (κ1) is 19.5. The molecule has 0 aliphatic carbocycles. The monoisotopic (exact) mass is 341 g/mol. The van der Waals surface area contributed by atoms with Gasteiger partial charge in [-0.2, -0.15) is 0 Å². The van der Waals surface area contributed by atoms with E-state index in [0.29, 0.717) is 12.3 Å². The van der Waals surface area contributed by atoms with Gasteiger partial charge in [-0.05, 0) is 62.6 Å². The number of hydrogen-bond acceptors (Lipinski definition) is 2. The number of rotatable bonds is 9. The van der Waals surface area contributed by atoms with Gasteiger partial charge in [-0.25, -0.2) is 0 Å². The lowest BCUT2D eigenvalue weighted by Crippen LogP contribution is -2.10. The van der Waals surface area contributed by atoms with Gasteiger partial charge in [0.25, 0.3) is 0 Å². The van der Waals surface area contributed by atoms with Crippen LogP contribution in [0.15, 0.2) is 30.3 Å². The first-order valence-electron chi connectivity index (χ1n) is 9.27. The molecule has 1 unspecified atom stereocenters. The molecule has 1 atom stereocenters. The molecule has 0 aliphatic heterocycles. The van der Waals surface area contributed by atoms with Crippen molar-refractivity contribution in [3.8, 4) is 0 Å². The number of hydrogen-bond donors (Lipinski definition) is 1. The van der Waals surface area contributed by atoms with Crippen LogP contribution in [0.4, 0.5) is 0 Å². The van der Waals surface area contributed by atoms with Gasteiger partial charge in [0.2, 0.25) is 0 Å². The van der Waals surface area contributed by atoms with Crippen LogP contribution in [0.5, 0.6) is 0 Å². The maximum Gasteiger partial charge on any atom is 0.179 e. The van der Waals surface area contributed by atoms with E-state index < -0.39 is 0 Å². The van der Waals surface area contributed by atoms with E-state index in [1.807, 2.05) is 17.7 Å². The number of aliphatic hydroxyl groups is 1. The van der Waals surface area contributed by atoms with Crippen LogP contribution in [0.2, 0.25) is 0 Å². The number of aliphatic hydroxyl groups excluding tert-OH is 1. The zero-order valence-corrected chi connectivity index (χ0v) is 16.0. The van der Waals surface area contributed by atoms with Crippen LogP contribution < -0.4 is 0 Å². The van der Waals surface area contributed by atoms with Crippen LogP contribution in [0, 0.1) is 19.8 Å². The summed E-state index contributed by atoms with van der Waals surface area (Å²) in [6, 6.07) is 10.6. The van der Waals surface area contributed by atoms with Crippen LogP contribution in [0.3, 0.4) is 0 Å². The van der Waals surface area contributed by atoms with Crippen molar-refractivity contribution in [2.45, 2.75) is 52.9 Å². The van der Waals surface area contributed by atoms with Crippen molar-refractivity contribution in [2.24, 2.45) is 13.0 Å². The summed E-state index contributed by atoms with van der Waals surface area (Å²) in [6.45, 7) is 6.43. The third-order valence-electron chi connectivity index (χ3n) is 5.04. The van der Waals surface area contributed by atoms with E-state index in [1.165, 1.54) is 22.4 Å². The molecular weight excluding hydrogens is 310 g/mol. The van der Waals surface area contributed by atoms with Gasteiger partial charge in [0.15, 0.2) is 5.78 Å². The summed E-state index contributed by atoms with van der Waals surface area (Å²) in [7, 11) is 1.99. The highest BCUT2D eigenvalue weighted by Gasteiger charge is 2.16. The predicted octanol–water partition coefficient (Wildman–Crippen LogP) is 4.41. The molecule has 1 heterocycles. The molecule has 0 saturated heterocycles. The second kappa shape index (κ2) is 9.00. The summed E-state index contributed by atoms with van der Waals surface area (Å²) in [5.41, 5.74) is 5.76. The zero-order valence-electron chi connectivity index (χ0n) is 16.0. The second-order valence-electron chi connectivity index (χ2n) is 7.31. The van der Waals surface area contributed by atoms with Crippen molar-refractivity contribution in [1.29, 1.82) is 0 Å². The summed E-state index contributed by atoms with van der Waals surface area (Å²) in [5.74, 6) is 0.516. The smallest absolute Gasteiger partial charge is 0.179 e. The quantitative estimate of drug-likeness (QED) is 0.687. The highest BCUT2D eigenvalue weighted by molar-refractivity contribution is 5.95. The molecule has 0 bridgehead atoms. The van der Waals surface area contributed by atoms with E-state index in [0.717, 1.165) is 31.4 Å². The molecule has 2 rings (SSSR count). The fourth-order valence-electron chi connectivity index (χ4n) is 3.24. The van der Waals surface area contributed by atoms with E-state index in [2.05, 4.69) is 45.0 Å². The van der Waals surface area contributed by atoms with Crippen molar-refractivity contribution in [1.82, 2.24) is 4.57 Å². The number of carbonyl (C=O) groups is 1. The lowest BCUT2D eigenvalue weighted by atomic mass is 10.0. The lowest BCUT2D eigenvalue weighted by molar-refractivity contribution is 0.0972. The Kier molecular flexibility index (Phi) is 7.01. The van der Waals surface area contributed by atoms with Crippen LogP contribution >= 0.6 is 0 Å². The van der Waals surface area contributed by atoms with E-state index in [4.69, 9.17) is 0 Å². The molecule has 3 nitrogen and oxygen atoms in total. The van der Waals surface area contributed by atoms with Gasteiger partial charge < -0.3 is 9.67 Å². The number of carbonyl (C=O) groups excluding carboxylic acids is 1.